The van der Waals surface area contributed by atoms with Gasteiger partial charge in [0.1, 0.15) is 5.82 Å². The molecule has 2 N–H and O–H groups in total. The highest BCUT2D eigenvalue weighted by molar-refractivity contribution is 5.78. The Morgan fingerprint density at radius 1 is 1.41 bits per heavy atom. The van der Waals surface area contributed by atoms with Crippen molar-refractivity contribution in [2.45, 2.75) is 18.8 Å². The molecule has 92 valence electrons. The van der Waals surface area contributed by atoms with Crippen molar-refractivity contribution in [3.8, 4) is 0 Å². The highest BCUT2D eigenvalue weighted by Crippen LogP contribution is 2.21. The van der Waals surface area contributed by atoms with E-state index in [1.54, 1.807) is 23.1 Å². The lowest BCUT2D eigenvalue weighted by Gasteiger charge is -2.23. The second kappa shape index (κ2) is 5.27. The molecule has 1 aromatic rings. The van der Waals surface area contributed by atoms with Crippen molar-refractivity contribution in [3.05, 3.63) is 35.6 Å². The molecule has 1 fully saturated rings. The van der Waals surface area contributed by atoms with Crippen LogP contribution in [0.5, 0.6) is 0 Å². The first-order chi connectivity index (χ1) is 8.22. The molecule has 0 aromatic heterocycles. The average molecular weight is 236 g/mol. The van der Waals surface area contributed by atoms with Gasteiger partial charge in [-0.3, -0.25) is 4.79 Å². The van der Waals surface area contributed by atoms with Crippen molar-refractivity contribution < 1.29 is 9.18 Å². The molecule has 1 amide bonds. The number of hydrogen-bond acceptors (Lipinski definition) is 2. The number of amides is 1. The molecule has 0 bridgehead atoms. The first kappa shape index (κ1) is 12.0. The van der Waals surface area contributed by atoms with E-state index >= 15 is 0 Å². The van der Waals surface area contributed by atoms with Gasteiger partial charge in [0.15, 0.2) is 0 Å². The molecule has 1 aromatic carbocycles. The number of nitrogens with zero attached hydrogens (tertiary/aromatic N) is 1. The Hall–Kier alpha value is -1.42. The summed E-state index contributed by atoms with van der Waals surface area (Å²) in [5, 5.41) is 0. The van der Waals surface area contributed by atoms with Gasteiger partial charge in [-0.05, 0) is 18.1 Å². The predicted octanol–water partition coefficient (Wildman–Crippen LogP) is 1.49. The van der Waals surface area contributed by atoms with Crippen molar-refractivity contribution in [1.29, 1.82) is 0 Å². The second-order valence-electron chi connectivity index (χ2n) is 4.40. The minimum absolute atomic E-state index is 0.113. The maximum atomic E-state index is 13.6. The maximum absolute atomic E-state index is 13.6. The van der Waals surface area contributed by atoms with E-state index in [4.69, 9.17) is 5.73 Å². The molecule has 0 saturated carbocycles. The molecule has 1 heterocycles. The molecule has 17 heavy (non-hydrogen) atoms. The quantitative estimate of drug-likeness (QED) is 0.861. The van der Waals surface area contributed by atoms with E-state index in [0.717, 1.165) is 13.0 Å². The third-order valence-corrected chi connectivity index (χ3v) is 3.24. The van der Waals surface area contributed by atoms with Crippen molar-refractivity contribution in [2.24, 2.45) is 5.73 Å². The molecular weight excluding hydrogens is 219 g/mol. The van der Waals surface area contributed by atoms with Gasteiger partial charge in [0.05, 0.1) is 0 Å². The van der Waals surface area contributed by atoms with Crippen LogP contribution in [0.15, 0.2) is 24.3 Å². The zero-order valence-electron chi connectivity index (χ0n) is 9.73. The Labute approximate surface area is 100 Å². The number of benzene rings is 1. The van der Waals surface area contributed by atoms with E-state index in [2.05, 4.69) is 0 Å². The first-order valence-electron chi connectivity index (χ1n) is 5.94. The fourth-order valence-electron chi connectivity index (χ4n) is 2.27. The molecule has 1 unspecified atom stereocenters. The van der Waals surface area contributed by atoms with Crippen LogP contribution < -0.4 is 5.73 Å². The molecule has 3 nitrogen and oxygen atoms in total. The largest absolute Gasteiger partial charge is 0.342 e. The zero-order chi connectivity index (χ0) is 12.3. The standard InChI is InChI=1S/C13H17FN2O/c14-12-5-2-1-4-11(12)10(8-15)9-16-7-3-6-13(16)17/h1-2,4-5,10H,3,6-9,15H2. The number of carbonyl (C=O) groups is 1. The van der Waals surface area contributed by atoms with Gasteiger partial charge in [-0.15, -0.1) is 0 Å². The molecule has 0 radical (unpaired) electrons. The number of hydrogen-bond donors (Lipinski definition) is 1. The summed E-state index contributed by atoms with van der Waals surface area (Å²) in [6, 6.07) is 6.64. The van der Waals surface area contributed by atoms with E-state index in [1.807, 2.05) is 0 Å². The van der Waals surface area contributed by atoms with Crippen LogP contribution in [-0.4, -0.2) is 30.4 Å². The molecule has 1 aliphatic heterocycles. The van der Waals surface area contributed by atoms with Gasteiger partial charge in [0, 0.05) is 32.0 Å². The highest BCUT2D eigenvalue weighted by atomic mass is 19.1. The Kier molecular flexibility index (Phi) is 3.74. The third-order valence-electron chi connectivity index (χ3n) is 3.24. The SMILES string of the molecule is NCC(CN1CCCC1=O)c1ccccc1F. The number of halogens is 1. The van der Waals surface area contributed by atoms with Crippen LogP contribution in [0.2, 0.25) is 0 Å². The molecule has 4 heteroatoms. The molecular formula is C13H17FN2O. The summed E-state index contributed by atoms with van der Waals surface area (Å²) in [5.41, 5.74) is 6.30. The van der Waals surface area contributed by atoms with Crippen LogP contribution in [0.4, 0.5) is 4.39 Å². The van der Waals surface area contributed by atoms with E-state index in [-0.39, 0.29) is 17.6 Å². The van der Waals surface area contributed by atoms with E-state index in [0.29, 0.717) is 25.1 Å². The van der Waals surface area contributed by atoms with Crippen LogP contribution >= 0.6 is 0 Å². The number of rotatable bonds is 4. The minimum atomic E-state index is -0.241. The van der Waals surface area contributed by atoms with Gasteiger partial charge in [-0.2, -0.15) is 0 Å². The Bertz CT molecular complexity index is 408. The van der Waals surface area contributed by atoms with Crippen LogP contribution in [0.3, 0.4) is 0 Å². The van der Waals surface area contributed by atoms with Crippen LogP contribution in [0.1, 0.15) is 24.3 Å². The normalized spacial score (nSPS) is 17.5. The predicted molar refractivity (Wildman–Crippen MR) is 64.0 cm³/mol. The molecule has 1 saturated heterocycles. The van der Waals surface area contributed by atoms with Gasteiger partial charge < -0.3 is 10.6 Å². The molecule has 1 atom stereocenters. The fourth-order valence-corrected chi connectivity index (χ4v) is 2.27. The van der Waals surface area contributed by atoms with Gasteiger partial charge in [-0.1, -0.05) is 18.2 Å². The van der Waals surface area contributed by atoms with E-state index in [1.165, 1.54) is 6.07 Å². The topological polar surface area (TPSA) is 46.3 Å². The number of carbonyl (C=O) groups excluding carboxylic acids is 1. The lowest BCUT2D eigenvalue weighted by molar-refractivity contribution is -0.127. The Balaban J connectivity index is 2.11. The van der Waals surface area contributed by atoms with Gasteiger partial charge in [0.25, 0.3) is 0 Å². The lowest BCUT2D eigenvalue weighted by Crippen LogP contribution is -2.33. The number of likely N-dealkylation sites (tertiary alicyclic amines) is 1. The van der Waals surface area contributed by atoms with Crippen molar-refractivity contribution in [2.75, 3.05) is 19.6 Å². The minimum Gasteiger partial charge on any atom is -0.342 e. The smallest absolute Gasteiger partial charge is 0.222 e. The fraction of sp³-hybridized carbons (Fsp3) is 0.462. The monoisotopic (exact) mass is 236 g/mol. The summed E-state index contributed by atoms with van der Waals surface area (Å²) in [6.45, 7) is 1.64. The van der Waals surface area contributed by atoms with E-state index < -0.39 is 0 Å². The summed E-state index contributed by atoms with van der Waals surface area (Å²) in [6.07, 6.45) is 1.50. The average Bonchev–Trinajstić information content (AvgIpc) is 2.73. The Morgan fingerprint density at radius 3 is 2.76 bits per heavy atom. The maximum Gasteiger partial charge on any atom is 0.222 e. The second-order valence-corrected chi connectivity index (χ2v) is 4.40. The van der Waals surface area contributed by atoms with Crippen molar-refractivity contribution in [3.63, 3.8) is 0 Å². The Morgan fingerprint density at radius 2 is 2.18 bits per heavy atom. The zero-order valence-corrected chi connectivity index (χ0v) is 9.73. The first-order valence-corrected chi connectivity index (χ1v) is 5.94. The van der Waals surface area contributed by atoms with Crippen LogP contribution in [0.25, 0.3) is 0 Å². The van der Waals surface area contributed by atoms with Crippen molar-refractivity contribution in [1.82, 2.24) is 4.90 Å². The summed E-state index contributed by atoms with van der Waals surface area (Å²) in [5.74, 6) is -0.201. The number of nitrogens with two attached hydrogens (primary N) is 1. The summed E-state index contributed by atoms with van der Waals surface area (Å²) < 4.78 is 13.6. The van der Waals surface area contributed by atoms with Gasteiger partial charge in [-0.25, -0.2) is 4.39 Å². The highest BCUT2D eigenvalue weighted by Gasteiger charge is 2.24. The van der Waals surface area contributed by atoms with E-state index in [9.17, 15) is 9.18 Å². The summed E-state index contributed by atoms with van der Waals surface area (Å²) in [4.78, 5) is 13.3. The van der Waals surface area contributed by atoms with Gasteiger partial charge in [0.2, 0.25) is 5.91 Å². The van der Waals surface area contributed by atoms with Gasteiger partial charge >= 0.3 is 0 Å². The van der Waals surface area contributed by atoms with Crippen LogP contribution in [-0.2, 0) is 4.79 Å². The van der Waals surface area contributed by atoms with Crippen molar-refractivity contribution >= 4 is 5.91 Å². The molecule has 0 aliphatic carbocycles. The lowest BCUT2D eigenvalue weighted by atomic mass is 9.98. The summed E-state index contributed by atoms with van der Waals surface area (Å²) >= 11 is 0. The molecule has 1 aliphatic rings. The summed E-state index contributed by atoms with van der Waals surface area (Å²) in [7, 11) is 0. The van der Waals surface area contributed by atoms with Crippen LogP contribution in [0, 0.1) is 5.82 Å². The molecule has 2 rings (SSSR count). The third kappa shape index (κ3) is 2.64. The molecule has 0 spiro atoms.